The molecule has 1 rings (SSSR count). The molecule has 1 unspecified atom stereocenters. The number of benzene rings is 1. The molecule has 0 spiro atoms. The molecule has 3 atom stereocenters. The molecule has 0 radical (unpaired) electrons. The fourth-order valence-electron chi connectivity index (χ4n) is 1.84. The van der Waals surface area contributed by atoms with Gasteiger partial charge in [-0.05, 0) is 46.5 Å². The highest BCUT2D eigenvalue weighted by Gasteiger charge is 2.23. The Hall–Kier alpha value is -0.490. The lowest BCUT2D eigenvalue weighted by molar-refractivity contribution is 0.0878. The lowest BCUT2D eigenvalue weighted by Gasteiger charge is -2.25. The van der Waals surface area contributed by atoms with E-state index in [2.05, 4.69) is 15.9 Å². The van der Waals surface area contributed by atoms with Crippen LogP contribution in [0.3, 0.4) is 0 Å². The number of ether oxygens (including phenoxy) is 1. The number of aliphatic hydroxyl groups is 1. The van der Waals surface area contributed by atoms with E-state index in [0.29, 0.717) is 16.8 Å². The molecule has 0 amide bonds. The fraction of sp³-hybridized carbons (Fsp3) is 0.571. The van der Waals surface area contributed by atoms with Crippen LogP contribution in [0, 0.1) is 5.92 Å². The Bertz CT molecular complexity index is 431. The molecule has 0 aliphatic rings. The molecular weight excluding hydrogens is 346 g/mol. The lowest BCUT2D eigenvalue weighted by atomic mass is 9.91. The minimum absolute atomic E-state index is 0. The van der Waals surface area contributed by atoms with Gasteiger partial charge in [0.25, 0.3) is 0 Å². The second-order valence-electron chi connectivity index (χ2n) is 4.68. The first-order valence-electron chi connectivity index (χ1n) is 6.51. The first-order chi connectivity index (χ1) is 8.92. The number of hydrogen-bond acceptors (Lipinski definition) is 4. The van der Waals surface area contributed by atoms with E-state index in [1.54, 1.807) is 12.1 Å². The van der Waals surface area contributed by atoms with E-state index in [-0.39, 0.29) is 24.1 Å². The number of halogens is 2. The van der Waals surface area contributed by atoms with Gasteiger partial charge in [0, 0.05) is 0 Å². The highest BCUT2D eigenvalue weighted by Crippen LogP contribution is 2.37. The summed E-state index contributed by atoms with van der Waals surface area (Å²) in [5.41, 5.74) is 6.83. The van der Waals surface area contributed by atoms with Crippen molar-refractivity contribution >= 4 is 28.3 Å². The first kappa shape index (κ1) is 19.5. The summed E-state index contributed by atoms with van der Waals surface area (Å²) in [6.45, 7) is 6.27. The van der Waals surface area contributed by atoms with Crippen molar-refractivity contribution in [2.24, 2.45) is 11.7 Å². The molecule has 0 aromatic heterocycles. The molecule has 1 aromatic carbocycles. The number of nitrogens with two attached hydrogens (primary N) is 1. The Balaban J connectivity index is 0.00000361. The monoisotopic (exact) mass is 367 g/mol. The van der Waals surface area contributed by atoms with Crippen molar-refractivity contribution < 1.29 is 14.9 Å². The Morgan fingerprint density at radius 2 is 1.95 bits per heavy atom. The third kappa shape index (κ3) is 4.52. The maximum Gasteiger partial charge on any atom is 0.172 e. The van der Waals surface area contributed by atoms with Crippen LogP contribution in [0.5, 0.6) is 11.5 Å². The van der Waals surface area contributed by atoms with Gasteiger partial charge in [-0.3, -0.25) is 0 Å². The van der Waals surface area contributed by atoms with Crippen LogP contribution in [-0.2, 0) is 0 Å². The zero-order chi connectivity index (χ0) is 14.6. The van der Waals surface area contributed by atoms with Crippen molar-refractivity contribution in [3.05, 3.63) is 22.2 Å². The molecule has 0 saturated heterocycles. The highest BCUT2D eigenvalue weighted by atomic mass is 79.9. The number of aliphatic hydroxyl groups excluding tert-OH is 1. The SMILES string of the molecule is CCOc1cc([C@H](N)[C@H](O)C(C)CC)cc(Br)c1O.Cl. The van der Waals surface area contributed by atoms with Crippen molar-refractivity contribution in [2.45, 2.75) is 39.3 Å². The standard InChI is InChI=1S/C14H22BrNO3.ClH/c1-4-8(3)13(17)12(16)9-6-10(15)14(18)11(7-9)19-5-2;/h6-8,12-13,17-18H,4-5,16H2,1-3H3;1H/t8?,12-,13+;/m0./s1. The van der Waals surface area contributed by atoms with E-state index in [1.807, 2.05) is 20.8 Å². The highest BCUT2D eigenvalue weighted by molar-refractivity contribution is 9.10. The molecule has 20 heavy (non-hydrogen) atoms. The minimum atomic E-state index is -0.629. The second-order valence-corrected chi connectivity index (χ2v) is 5.54. The van der Waals surface area contributed by atoms with Gasteiger partial charge in [-0.2, -0.15) is 0 Å². The predicted molar refractivity (Wildman–Crippen MR) is 86.6 cm³/mol. The number of aromatic hydroxyl groups is 1. The molecule has 6 heteroatoms. The normalized spacial score (nSPS) is 15.1. The fourth-order valence-corrected chi connectivity index (χ4v) is 2.30. The van der Waals surface area contributed by atoms with E-state index >= 15 is 0 Å². The number of phenolic OH excluding ortho intramolecular Hbond substituents is 1. The van der Waals surface area contributed by atoms with Gasteiger partial charge < -0.3 is 20.7 Å². The summed E-state index contributed by atoms with van der Waals surface area (Å²) in [6, 6.07) is 2.89. The summed E-state index contributed by atoms with van der Waals surface area (Å²) in [4.78, 5) is 0. The topological polar surface area (TPSA) is 75.7 Å². The van der Waals surface area contributed by atoms with Crippen molar-refractivity contribution in [1.82, 2.24) is 0 Å². The Kier molecular flexibility index (Phi) is 8.51. The van der Waals surface area contributed by atoms with Gasteiger partial charge in [0.1, 0.15) is 0 Å². The zero-order valence-electron chi connectivity index (χ0n) is 12.0. The van der Waals surface area contributed by atoms with Gasteiger partial charge in [-0.1, -0.05) is 20.3 Å². The maximum atomic E-state index is 10.2. The number of rotatable bonds is 6. The molecule has 0 aliphatic heterocycles. The quantitative estimate of drug-likeness (QED) is 0.719. The van der Waals surface area contributed by atoms with Gasteiger partial charge in [0.2, 0.25) is 0 Å². The van der Waals surface area contributed by atoms with Crippen LogP contribution in [0.25, 0.3) is 0 Å². The molecule has 4 N–H and O–H groups in total. The van der Waals surface area contributed by atoms with E-state index in [9.17, 15) is 10.2 Å². The number of hydrogen-bond donors (Lipinski definition) is 3. The third-order valence-corrected chi connectivity index (χ3v) is 3.93. The van der Waals surface area contributed by atoms with Crippen LogP contribution in [0.1, 0.15) is 38.8 Å². The Labute approximate surface area is 134 Å². The summed E-state index contributed by atoms with van der Waals surface area (Å²) in [5, 5.41) is 20.0. The Morgan fingerprint density at radius 1 is 1.35 bits per heavy atom. The van der Waals surface area contributed by atoms with E-state index in [1.165, 1.54) is 0 Å². The van der Waals surface area contributed by atoms with Crippen LogP contribution >= 0.6 is 28.3 Å². The molecular formula is C14H23BrClNO3. The van der Waals surface area contributed by atoms with Gasteiger partial charge in [0.05, 0.1) is 23.2 Å². The summed E-state index contributed by atoms with van der Waals surface area (Å²) < 4.78 is 5.87. The molecule has 4 nitrogen and oxygen atoms in total. The molecule has 116 valence electrons. The van der Waals surface area contributed by atoms with Crippen LogP contribution in [0.15, 0.2) is 16.6 Å². The largest absolute Gasteiger partial charge is 0.503 e. The summed E-state index contributed by atoms with van der Waals surface area (Å²) in [7, 11) is 0. The van der Waals surface area contributed by atoms with Crippen molar-refractivity contribution in [3.8, 4) is 11.5 Å². The second kappa shape index (κ2) is 8.72. The minimum Gasteiger partial charge on any atom is -0.503 e. The van der Waals surface area contributed by atoms with E-state index < -0.39 is 12.1 Å². The van der Waals surface area contributed by atoms with Gasteiger partial charge in [0.15, 0.2) is 11.5 Å². The molecule has 0 bridgehead atoms. The average molecular weight is 369 g/mol. The lowest BCUT2D eigenvalue weighted by Crippen LogP contribution is -2.31. The van der Waals surface area contributed by atoms with E-state index in [4.69, 9.17) is 10.5 Å². The molecule has 0 saturated carbocycles. The number of phenols is 1. The average Bonchev–Trinajstić information content (AvgIpc) is 2.41. The zero-order valence-corrected chi connectivity index (χ0v) is 14.4. The predicted octanol–water partition coefficient (Wildman–Crippen LogP) is 3.38. The molecule has 0 fully saturated rings. The summed E-state index contributed by atoms with van der Waals surface area (Å²) in [6.07, 6.45) is 0.225. The molecule has 0 aliphatic carbocycles. The van der Waals surface area contributed by atoms with Crippen molar-refractivity contribution in [1.29, 1.82) is 0 Å². The Morgan fingerprint density at radius 3 is 2.45 bits per heavy atom. The van der Waals surface area contributed by atoms with E-state index in [0.717, 1.165) is 12.0 Å². The van der Waals surface area contributed by atoms with Crippen LogP contribution < -0.4 is 10.5 Å². The summed E-state index contributed by atoms with van der Waals surface area (Å²) >= 11 is 3.27. The summed E-state index contributed by atoms with van der Waals surface area (Å²) in [5.74, 6) is 0.535. The maximum absolute atomic E-state index is 10.2. The van der Waals surface area contributed by atoms with Gasteiger partial charge >= 0.3 is 0 Å². The van der Waals surface area contributed by atoms with Crippen LogP contribution in [-0.4, -0.2) is 22.9 Å². The smallest absolute Gasteiger partial charge is 0.172 e. The van der Waals surface area contributed by atoms with Gasteiger partial charge in [-0.15, -0.1) is 12.4 Å². The van der Waals surface area contributed by atoms with Crippen molar-refractivity contribution in [2.75, 3.05) is 6.61 Å². The van der Waals surface area contributed by atoms with Crippen LogP contribution in [0.4, 0.5) is 0 Å². The van der Waals surface area contributed by atoms with Gasteiger partial charge in [-0.25, -0.2) is 0 Å². The van der Waals surface area contributed by atoms with Crippen LogP contribution in [0.2, 0.25) is 0 Å². The molecule has 1 aromatic rings. The first-order valence-corrected chi connectivity index (χ1v) is 7.30. The molecule has 0 heterocycles. The third-order valence-electron chi connectivity index (χ3n) is 3.33. The van der Waals surface area contributed by atoms with Crippen molar-refractivity contribution in [3.63, 3.8) is 0 Å².